The normalized spacial score (nSPS) is 12.8. The first kappa shape index (κ1) is 10.6. The summed E-state index contributed by atoms with van der Waals surface area (Å²) in [5.74, 6) is -0.847. The number of fused-ring (bicyclic) bond motifs is 1. The van der Waals surface area contributed by atoms with Crippen LogP contribution in [0.1, 0.15) is 5.56 Å². The summed E-state index contributed by atoms with van der Waals surface area (Å²) in [6.07, 6.45) is 3.96. The third-order valence-electron chi connectivity index (χ3n) is 2.61. The number of nitrogens with one attached hydrogen (secondary N) is 2. The molecule has 0 aliphatic rings. The summed E-state index contributed by atoms with van der Waals surface area (Å²) in [5, 5.41) is 12.7. The van der Waals surface area contributed by atoms with E-state index in [4.69, 9.17) is 5.11 Å². The van der Waals surface area contributed by atoms with Gasteiger partial charge < -0.3 is 15.4 Å². The molecule has 2 aromatic rings. The molecule has 0 fully saturated rings. The van der Waals surface area contributed by atoms with E-state index >= 15 is 0 Å². The van der Waals surface area contributed by atoms with Crippen molar-refractivity contribution in [3.63, 3.8) is 0 Å². The van der Waals surface area contributed by atoms with Gasteiger partial charge in [0.05, 0.1) is 0 Å². The summed E-state index contributed by atoms with van der Waals surface area (Å²) in [5.41, 5.74) is 1.75. The Kier molecular flexibility index (Phi) is 2.87. The van der Waals surface area contributed by atoms with E-state index in [2.05, 4.69) is 15.3 Å². The number of likely N-dealkylation sites (N-methyl/N-ethyl adjacent to an activating group) is 1. The maximum atomic E-state index is 10.9. The smallest absolute Gasteiger partial charge is 0.321 e. The molecule has 0 aromatic carbocycles. The maximum absolute atomic E-state index is 10.9. The van der Waals surface area contributed by atoms with E-state index in [-0.39, 0.29) is 0 Å². The molecule has 5 nitrogen and oxygen atoms in total. The van der Waals surface area contributed by atoms with Gasteiger partial charge in [0.15, 0.2) is 0 Å². The van der Waals surface area contributed by atoms with Crippen molar-refractivity contribution in [1.29, 1.82) is 0 Å². The number of rotatable bonds is 4. The summed E-state index contributed by atoms with van der Waals surface area (Å²) < 4.78 is 0. The topological polar surface area (TPSA) is 78.0 Å². The van der Waals surface area contributed by atoms with Gasteiger partial charge in [-0.2, -0.15) is 0 Å². The van der Waals surface area contributed by atoms with Crippen molar-refractivity contribution in [2.45, 2.75) is 12.5 Å². The number of hydrogen-bond donors (Lipinski definition) is 3. The molecule has 16 heavy (non-hydrogen) atoms. The van der Waals surface area contributed by atoms with E-state index in [1.54, 1.807) is 13.2 Å². The van der Waals surface area contributed by atoms with Gasteiger partial charge in [0.25, 0.3) is 0 Å². The van der Waals surface area contributed by atoms with Crippen LogP contribution in [0.5, 0.6) is 0 Å². The average molecular weight is 219 g/mol. The number of nitrogens with zero attached hydrogens (tertiary/aromatic N) is 1. The van der Waals surface area contributed by atoms with Crippen molar-refractivity contribution in [2.75, 3.05) is 7.05 Å². The number of aliphatic carboxylic acids is 1. The zero-order chi connectivity index (χ0) is 11.5. The predicted molar refractivity (Wildman–Crippen MR) is 60.3 cm³/mol. The minimum Gasteiger partial charge on any atom is -0.480 e. The molecule has 2 heterocycles. The number of carbonyl (C=O) groups is 1. The van der Waals surface area contributed by atoms with Crippen LogP contribution in [0.25, 0.3) is 11.0 Å². The number of carboxylic acids is 1. The Hall–Kier alpha value is -1.88. The van der Waals surface area contributed by atoms with Crippen LogP contribution in [0.4, 0.5) is 0 Å². The fraction of sp³-hybridized carbons (Fsp3) is 0.273. The molecule has 2 rings (SSSR count). The molecule has 2 aromatic heterocycles. The van der Waals surface area contributed by atoms with Crippen molar-refractivity contribution >= 4 is 17.0 Å². The summed E-state index contributed by atoms with van der Waals surface area (Å²) >= 11 is 0. The second-order valence-electron chi connectivity index (χ2n) is 3.60. The standard InChI is InChI=1S/C11H13N3O2/c1-12-9(11(15)16)5-7-6-14-10-8(7)3-2-4-13-10/h2-4,6,9,12H,5H2,1H3,(H,13,14)(H,15,16)/t9-/m0/s1. The fourth-order valence-electron chi connectivity index (χ4n) is 1.71. The zero-order valence-corrected chi connectivity index (χ0v) is 8.90. The van der Waals surface area contributed by atoms with Crippen LogP contribution >= 0.6 is 0 Å². The number of carboxylic acid groups (broad SMARTS) is 1. The van der Waals surface area contributed by atoms with Gasteiger partial charge in [0.1, 0.15) is 11.7 Å². The lowest BCUT2D eigenvalue weighted by Gasteiger charge is -2.09. The molecule has 0 unspecified atom stereocenters. The largest absolute Gasteiger partial charge is 0.480 e. The number of hydrogen-bond acceptors (Lipinski definition) is 3. The second-order valence-corrected chi connectivity index (χ2v) is 3.60. The molecule has 0 radical (unpaired) electrons. The lowest BCUT2D eigenvalue weighted by molar-refractivity contribution is -0.139. The molecule has 84 valence electrons. The van der Waals surface area contributed by atoms with Gasteiger partial charge in [0, 0.05) is 24.2 Å². The molecule has 0 aliphatic heterocycles. The van der Waals surface area contributed by atoms with Crippen LogP contribution < -0.4 is 5.32 Å². The molecule has 0 spiro atoms. The van der Waals surface area contributed by atoms with Gasteiger partial charge in [0.2, 0.25) is 0 Å². The van der Waals surface area contributed by atoms with Crippen molar-refractivity contribution in [2.24, 2.45) is 0 Å². The van der Waals surface area contributed by atoms with Gasteiger partial charge in [-0.3, -0.25) is 4.79 Å². The van der Waals surface area contributed by atoms with E-state index < -0.39 is 12.0 Å². The number of aromatic nitrogens is 2. The summed E-state index contributed by atoms with van der Waals surface area (Å²) in [7, 11) is 1.64. The average Bonchev–Trinajstić information content (AvgIpc) is 2.69. The number of pyridine rings is 1. The van der Waals surface area contributed by atoms with Gasteiger partial charge >= 0.3 is 5.97 Å². The van der Waals surface area contributed by atoms with Crippen LogP contribution in [0.2, 0.25) is 0 Å². The third kappa shape index (κ3) is 1.90. The highest BCUT2D eigenvalue weighted by molar-refractivity contribution is 5.81. The molecule has 0 saturated heterocycles. The second kappa shape index (κ2) is 4.32. The maximum Gasteiger partial charge on any atom is 0.321 e. The highest BCUT2D eigenvalue weighted by Crippen LogP contribution is 2.17. The number of aromatic amines is 1. The summed E-state index contributed by atoms with van der Waals surface area (Å²) in [6.45, 7) is 0. The Labute approximate surface area is 92.5 Å². The Morgan fingerprint density at radius 3 is 3.19 bits per heavy atom. The SMILES string of the molecule is CN[C@@H](Cc1c[nH]c2ncccc12)C(=O)O. The summed E-state index contributed by atoms with van der Waals surface area (Å²) in [6, 6.07) is 3.21. The van der Waals surface area contributed by atoms with E-state index in [1.807, 2.05) is 18.3 Å². The van der Waals surface area contributed by atoms with E-state index in [1.165, 1.54) is 0 Å². The van der Waals surface area contributed by atoms with Crippen molar-refractivity contribution in [1.82, 2.24) is 15.3 Å². The molecular formula is C11H13N3O2. The lowest BCUT2D eigenvalue weighted by Crippen LogP contribution is -2.35. The minimum absolute atomic E-state index is 0.442. The van der Waals surface area contributed by atoms with Crippen LogP contribution in [0, 0.1) is 0 Å². The minimum atomic E-state index is -0.847. The highest BCUT2D eigenvalue weighted by atomic mass is 16.4. The fourth-order valence-corrected chi connectivity index (χ4v) is 1.71. The van der Waals surface area contributed by atoms with Crippen molar-refractivity contribution in [3.8, 4) is 0 Å². The molecule has 0 saturated carbocycles. The summed E-state index contributed by atoms with van der Waals surface area (Å²) in [4.78, 5) is 18.1. The first-order valence-electron chi connectivity index (χ1n) is 5.03. The first-order chi connectivity index (χ1) is 7.72. The van der Waals surface area contributed by atoms with E-state index in [0.29, 0.717) is 6.42 Å². The Morgan fingerprint density at radius 1 is 1.69 bits per heavy atom. The molecule has 5 heteroatoms. The van der Waals surface area contributed by atoms with Crippen molar-refractivity contribution < 1.29 is 9.90 Å². The quantitative estimate of drug-likeness (QED) is 0.710. The van der Waals surface area contributed by atoms with Crippen LogP contribution in [0.15, 0.2) is 24.5 Å². The Bertz CT molecular complexity index is 507. The molecule has 0 bridgehead atoms. The zero-order valence-electron chi connectivity index (χ0n) is 8.90. The Balaban J connectivity index is 2.30. The number of H-pyrrole nitrogens is 1. The highest BCUT2D eigenvalue weighted by Gasteiger charge is 2.17. The van der Waals surface area contributed by atoms with Crippen LogP contribution in [-0.2, 0) is 11.2 Å². The van der Waals surface area contributed by atoms with Gasteiger partial charge in [-0.05, 0) is 24.7 Å². The third-order valence-corrected chi connectivity index (χ3v) is 2.61. The molecule has 1 atom stereocenters. The molecule has 0 aliphatic carbocycles. The molecule has 0 amide bonds. The Morgan fingerprint density at radius 2 is 2.50 bits per heavy atom. The predicted octanol–water partition coefficient (Wildman–Crippen LogP) is 0.778. The molecule has 3 N–H and O–H groups in total. The van der Waals surface area contributed by atoms with Gasteiger partial charge in [-0.25, -0.2) is 4.98 Å². The molecular weight excluding hydrogens is 206 g/mol. The first-order valence-corrected chi connectivity index (χ1v) is 5.03. The van der Waals surface area contributed by atoms with Crippen molar-refractivity contribution in [3.05, 3.63) is 30.1 Å². The van der Waals surface area contributed by atoms with Gasteiger partial charge in [-0.1, -0.05) is 0 Å². The van der Waals surface area contributed by atoms with Crippen LogP contribution in [-0.4, -0.2) is 34.1 Å². The monoisotopic (exact) mass is 219 g/mol. The lowest BCUT2D eigenvalue weighted by atomic mass is 10.1. The van der Waals surface area contributed by atoms with E-state index in [0.717, 1.165) is 16.6 Å². The van der Waals surface area contributed by atoms with E-state index in [9.17, 15) is 4.79 Å². The van der Waals surface area contributed by atoms with Crippen LogP contribution in [0.3, 0.4) is 0 Å². The van der Waals surface area contributed by atoms with Gasteiger partial charge in [-0.15, -0.1) is 0 Å².